The maximum atomic E-state index is 13.9. The molecule has 3 aliphatic rings. The molecule has 3 saturated carbocycles. The number of halogens is 3. The standard InChI is InChI=1S/C31H42F3N5O2/c1-38(23-12-3-2-4-13-23)20-22(18-29(40)35-21-10-9-11-21)36-30(41)27-19-28(39(37-27)24-14-5-6-15-24)25-16-7-8-17-26(25)31(32,33)34/h7-8,16-17,19,21-24H,2-6,9-15,18,20H2,1H3,(H,35,40)(H,36,41). The van der Waals surface area contributed by atoms with Crippen LogP contribution in [-0.4, -0.2) is 58.2 Å². The molecule has 1 aromatic heterocycles. The Kier molecular flexibility index (Phi) is 9.36. The van der Waals surface area contributed by atoms with E-state index in [0.29, 0.717) is 18.3 Å². The molecule has 7 nitrogen and oxygen atoms in total. The van der Waals surface area contributed by atoms with Gasteiger partial charge < -0.3 is 15.5 Å². The van der Waals surface area contributed by atoms with Crippen molar-refractivity contribution in [2.75, 3.05) is 13.6 Å². The fourth-order valence-electron chi connectivity index (χ4n) is 6.59. The van der Waals surface area contributed by atoms with Gasteiger partial charge in [-0.05, 0) is 64.1 Å². The zero-order chi connectivity index (χ0) is 29.0. The maximum absolute atomic E-state index is 13.9. The Morgan fingerprint density at radius 1 is 1.00 bits per heavy atom. The number of carbonyl (C=O) groups excluding carboxylic acids is 2. The molecule has 3 aliphatic carbocycles. The number of benzene rings is 1. The lowest BCUT2D eigenvalue weighted by molar-refractivity contribution is -0.137. The van der Waals surface area contributed by atoms with Gasteiger partial charge in [0.25, 0.3) is 5.91 Å². The van der Waals surface area contributed by atoms with Crippen LogP contribution in [0.1, 0.15) is 106 Å². The zero-order valence-corrected chi connectivity index (χ0v) is 23.9. The monoisotopic (exact) mass is 573 g/mol. The Labute approximate surface area is 240 Å². The Hall–Kier alpha value is -2.88. The smallest absolute Gasteiger partial charge is 0.353 e. The van der Waals surface area contributed by atoms with Crippen LogP contribution in [0.4, 0.5) is 13.2 Å². The van der Waals surface area contributed by atoms with Crippen LogP contribution in [0.3, 0.4) is 0 Å². The van der Waals surface area contributed by atoms with Crippen molar-refractivity contribution in [1.82, 2.24) is 25.3 Å². The molecule has 3 fully saturated rings. The average molecular weight is 574 g/mol. The number of likely N-dealkylation sites (N-methyl/N-ethyl adjacent to an activating group) is 1. The Morgan fingerprint density at radius 3 is 2.34 bits per heavy atom. The topological polar surface area (TPSA) is 79.3 Å². The molecule has 0 spiro atoms. The van der Waals surface area contributed by atoms with Gasteiger partial charge in [0.05, 0.1) is 23.3 Å². The van der Waals surface area contributed by atoms with E-state index in [0.717, 1.165) is 63.9 Å². The minimum atomic E-state index is -4.54. The summed E-state index contributed by atoms with van der Waals surface area (Å²) in [6.45, 7) is 0.515. The van der Waals surface area contributed by atoms with Gasteiger partial charge in [0.1, 0.15) is 0 Å². The van der Waals surface area contributed by atoms with Gasteiger partial charge in [-0.25, -0.2) is 0 Å². The molecule has 1 atom stereocenters. The predicted octanol–water partition coefficient (Wildman–Crippen LogP) is 6.11. The second-order valence-electron chi connectivity index (χ2n) is 12.1. The molecule has 0 aliphatic heterocycles. The highest BCUT2D eigenvalue weighted by atomic mass is 19.4. The fraction of sp³-hybridized carbons (Fsp3) is 0.645. The SMILES string of the molecule is CN(CC(CC(=O)NC1CCC1)NC(=O)c1cc(-c2ccccc2C(F)(F)F)n(C2CCCC2)n1)C1CCCCC1. The van der Waals surface area contributed by atoms with Crippen LogP contribution in [0.25, 0.3) is 11.3 Å². The lowest BCUT2D eigenvalue weighted by atomic mass is 9.92. The van der Waals surface area contributed by atoms with Crippen LogP contribution >= 0.6 is 0 Å². The molecule has 41 heavy (non-hydrogen) atoms. The molecule has 1 heterocycles. The number of carbonyl (C=O) groups is 2. The van der Waals surface area contributed by atoms with Crippen molar-refractivity contribution < 1.29 is 22.8 Å². The van der Waals surface area contributed by atoms with E-state index in [1.807, 2.05) is 7.05 Å². The summed E-state index contributed by atoms with van der Waals surface area (Å²) in [7, 11) is 2.04. The van der Waals surface area contributed by atoms with Crippen molar-refractivity contribution in [2.45, 2.75) is 114 Å². The van der Waals surface area contributed by atoms with Crippen LogP contribution in [0.5, 0.6) is 0 Å². The molecular weight excluding hydrogens is 531 g/mol. The van der Waals surface area contributed by atoms with Crippen molar-refractivity contribution in [1.29, 1.82) is 0 Å². The average Bonchev–Trinajstić information content (AvgIpc) is 3.61. The molecule has 1 unspecified atom stereocenters. The van der Waals surface area contributed by atoms with Gasteiger partial charge in [0.15, 0.2) is 5.69 Å². The van der Waals surface area contributed by atoms with Crippen molar-refractivity contribution in [2.24, 2.45) is 0 Å². The van der Waals surface area contributed by atoms with Gasteiger partial charge >= 0.3 is 6.18 Å². The van der Waals surface area contributed by atoms with E-state index < -0.39 is 23.7 Å². The van der Waals surface area contributed by atoms with Crippen molar-refractivity contribution in [3.05, 3.63) is 41.6 Å². The largest absolute Gasteiger partial charge is 0.417 e. The highest BCUT2D eigenvalue weighted by molar-refractivity contribution is 5.94. The lowest BCUT2D eigenvalue weighted by Crippen LogP contribution is -2.49. The van der Waals surface area contributed by atoms with E-state index in [1.54, 1.807) is 10.7 Å². The van der Waals surface area contributed by atoms with E-state index in [-0.39, 0.29) is 35.7 Å². The zero-order valence-electron chi connectivity index (χ0n) is 23.9. The highest BCUT2D eigenvalue weighted by Gasteiger charge is 2.36. The van der Waals surface area contributed by atoms with E-state index in [2.05, 4.69) is 20.6 Å². The number of nitrogens with zero attached hydrogens (tertiary/aromatic N) is 3. The molecule has 2 amide bonds. The summed E-state index contributed by atoms with van der Waals surface area (Å²) in [5, 5.41) is 10.7. The molecule has 5 rings (SSSR count). The number of alkyl halides is 3. The minimum absolute atomic E-state index is 0.0203. The number of amides is 2. The second-order valence-corrected chi connectivity index (χ2v) is 12.1. The molecule has 0 radical (unpaired) electrons. The summed E-state index contributed by atoms with van der Waals surface area (Å²) in [5.41, 5.74) is -0.347. The van der Waals surface area contributed by atoms with Gasteiger partial charge in [0, 0.05) is 30.6 Å². The summed E-state index contributed by atoms with van der Waals surface area (Å²) in [6.07, 6.45) is 8.01. The van der Waals surface area contributed by atoms with Crippen molar-refractivity contribution in [3.63, 3.8) is 0 Å². The van der Waals surface area contributed by atoms with Crippen LogP contribution in [0.15, 0.2) is 30.3 Å². The first-order valence-corrected chi connectivity index (χ1v) is 15.3. The molecule has 2 N–H and O–H groups in total. The van der Waals surface area contributed by atoms with Gasteiger partial charge in [-0.2, -0.15) is 18.3 Å². The summed E-state index contributed by atoms with van der Waals surface area (Å²) in [4.78, 5) is 28.7. The molecule has 1 aromatic carbocycles. The summed E-state index contributed by atoms with van der Waals surface area (Å²) in [6, 6.07) is 7.05. The first-order valence-electron chi connectivity index (χ1n) is 15.3. The Bertz CT molecular complexity index is 1200. The first-order chi connectivity index (χ1) is 19.7. The van der Waals surface area contributed by atoms with Crippen molar-refractivity contribution in [3.8, 4) is 11.3 Å². The van der Waals surface area contributed by atoms with E-state index >= 15 is 0 Å². The van der Waals surface area contributed by atoms with Gasteiger partial charge in [-0.1, -0.05) is 50.3 Å². The third kappa shape index (κ3) is 7.31. The Balaban J connectivity index is 1.39. The quantitative estimate of drug-likeness (QED) is 0.360. The highest BCUT2D eigenvalue weighted by Crippen LogP contribution is 2.40. The lowest BCUT2D eigenvalue weighted by Gasteiger charge is -2.34. The van der Waals surface area contributed by atoms with Gasteiger partial charge in [0.2, 0.25) is 5.91 Å². The number of hydrogen-bond acceptors (Lipinski definition) is 4. The summed E-state index contributed by atoms with van der Waals surface area (Å²) < 4.78 is 43.5. The maximum Gasteiger partial charge on any atom is 0.417 e. The third-order valence-electron chi connectivity index (χ3n) is 9.09. The van der Waals surface area contributed by atoms with E-state index in [1.165, 1.54) is 37.5 Å². The van der Waals surface area contributed by atoms with Crippen LogP contribution < -0.4 is 10.6 Å². The number of rotatable bonds is 10. The molecular formula is C31H42F3N5O2. The molecule has 0 saturated heterocycles. The van der Waals surface area contributed by atoms with Gasteiger partial charge in [-0.3, -0.25) is 14.3 Å². The predicted molar refractivity (Wildman–Crippen MR) is 151 cm³/mol. The van der Waals surface area contributed by atoms with Crippen LogP contribution in [0, 0.1) is 0 Å². The van der Waals surface area contributed by atoms with E-state index in [4.69, 9.17) is 0 Å². The molecule has 224 valence electrons. The second kappa shape index (κ2) is 13.0. The molecule has 10 heteroatoms. The number of nitrogens with one attached hydrogen (secondary N) is 2. The molecule has 0 bridgehead atoms. The van der Waals surface area contributed by atoms with Gasteiger partial charge in [-0.15, -0.1) is 0 Å². The minimum Gasteiger partial charge on any atom is -0.353 e. The Morgan fingerprint density at radius 2 is 1.68 bits per heavy atom. The third-order valence-corrected chi connectivity index (χ3v) is 9.09. The fourth-order valence-corrected chi connectivity index (χ4v) is 6.59. The van der Waals surface area contributed by atoms with Crippen molar-refractivity contribution >= 4 is 11.8 Å². The number of aromatic nitrogens is 2. The van der Waals surface area contributed by atoms with E-state index in [9.17, 15) is 22.8 Å². The first kappa shape index (κ1) is 29.6. The van der Waals surface area contributed by atoms with Crippen LogP contribution in [0.2, 0.25) is 0 Å². The normalized spacial score (nSPS) is 19.7. The number of hydrogen-bond donors (Lipinski definition) is 2. The summed E-state index contributed by atoms with van der Waals surface area (Å²) >= 11 is 0. The van der Waals surface area contributed by atoms with Crippen LogP contribution in [-0.2, 0) is 11.0 Å². The molecule has 2 aromatic rings. The summed E-state index contributed by atoms with van der Waals surface area (Å²) in [5.74, 6) is -0.556.